The first-order valence-electron chi connectivity index (χ1n) is 7.16. The maximum Gasteiger partial charge on any atom is 0.221 e. The normalized spacial score (nSPS) is 13.5. The second kappa shape index (κ2) is 7.28. The van der Waals surface area contributed by atoms with Gasteiger partial charge in [0.15, 0.2) is 0 Å². The standard InChI is InChI=1S/C18H20ClNO/c1-13(15-6-4-3-5-7-15)12-18(21)20-14(2)16-8-10-17(19)11-9-16/h3-11,13-14H,12H2,1-2H3,(H,20,21)/t13-,14-/m1/s1. The molecular formula is C18H20ClNO. The van der Waals surface area contributed by atoms with E-state index in [9.17, 15) is 4.79 Å². The topological polar surface area (TPSA) is 29.1 Å². The molecule has 0 unspecified atom stereocenters. The molecule has 0 radical (unpaired) electrons. The van der Waals surface area contributed by atoms with Crippen LogP contribution in [0.1, 0.15) is 43.4 Å². The van der Waals surface area contributed by atoms with Crippen molar-refractivity contribution in [3.05, 3.63) is 70.7 Å². The lowest BCUT2D eigenvalue weighted by molar-refractivity contribution is -0.122. The van der Waals surface area contributed by atoms with Crippen molar-refractivity contribution >= 4 is 17.5 Å². The third-order valence-electron chi connectivity index (χ3n) is 3.61. The summed E-state index contributed by atoms with van der Waals surface area (Å²) < 4.78 is 0. The Morgan fingerprint density at radius 3 is 2.24 bits per heavy atom. The lowest BCUT2D eigenvalue weighted by Crippen LogP contribution is -2.27. The molecule has 1 amide bonds. The molecule has 1 N–H and O–H groups in total. The van der Waals surface area contributed by atoms with Crippen LogP contribution in [0.4, 0.5) is 0 Å². The molecule has 0 aliphatic rings. The zero-order valence-corrected chi connectivity index (χ0v) is 13.1. The Morgan fingerprint density at radius 2 is 1.62 bits per heavy atom. The van der Waals surface area contributed by atoms with E-state index in [4.69, 9.17) is 11.6 Å². The molecule has 2 aromatic carbocycles. The molecule has 0 saturated carbocycles. The Kier molecular flexibility index (Phi) is 5.40. The van der Waals surface area contributed by atoms with Gasteiger partial charge in [-0.3, -0.25) is 4.79 Å². The van der Waals surface area contributed by atoms with E-state index in [0.717, 1.165) is 5.56 Å². The van der Waals surface area contributed by atoms with Crippen LogP contribution >= 0.6 is 11.6 Å². The lowest BCUT2D eigenvalue weighted by Gasteiger charge is -2.17. The van der Waals surface area contributed by atoms with Crippen molar-refractivity contribution in [2.45, 2.75) is 32.2 Å². The van der Waals surface area contributed by atoms with E-state index in [0.29, 0.717) is 11.4 Å². The number of rotatable bonds is 5. The first-order valence-corrected chi connectivity index (χ1v) is 7.54. The van der Waals surface area contributed by atoms with Gasteiger partial charge in [-0.05, 0) is 36.1 Å². The van der Waals surface area contributed by atoms with Crippen LogP contribution in [0.3, 0.4) is 0 Å². The molecule has 0 aliphatic carbocycles. The Balaban J connectivity index is 1.91. The first-order chi connectivity index (χ1) is 10.1. The molecule has 0 spiro atoms. The van der Waals surface area contributed by atoms with Crippen molar-refractivity contribution in [3.8, 4) is 0 Å². The van der Waals surface area contributed by atoms with Gasteiger partial charge in [0, 0.05) is 11.4 Å². The molecule has 0 saturated heterocycles. The highest BCUT2D eigenvalue weighted by atomic mass is 35.5. The minimum absolute atomic E-state index is 0.0160. The number of hydrogen-bond acceptors (Lipinski definition) is 1. The summed E-state index contributed by atoms with van der Waals surface area (Å²) in [5.41, 5.74) is 2.24. The van der Waals surface area contributed by atoms with Crippen molar-refractivity contribution < 1.29 is 4.79 Å². The van der Waals surface area contributed by atoms with Crippen LogP contribution in [0, 0.1) is 0 Å². The van der Waals surface area contributed by atoms with Gasteiger partial charge in [-0.25, -0.2) is 0 Å². The number of halogens is 1. The highest BCUT2D eigenvalue weighted by Crippen LogP contribution is 2.20. The third-order valence-corrected chi connectivity index (χ3v) is 3.86. The molecule has 110 valence electrons. The number of hydrogen-bond donors (Lipinski definition) is 1. The summed E-state index contributed by atoms with van der Waals surface area (Å²) >= 11 is 5.87. The maximum atomic E-state index is 12.1. The van der Waals surface area contributed by atoms with E-state index < -0.39 is 0 Å². The Bertz CT molecular complexity index is 580. The summed E-state index contributed by atoms with van der Waals surface area (Å²) in [4.78, 5) is 12.1. The van der Waals surface area contributed by atoms with Crippen molar-refractivity contribution in [1.82, 2.24) is 5.32 Å². The quantitative estimate of drug-likeness (QED) is 0.851. The fraction of sp³-hybridized carbons (Fsp3) is 0.278. The summed E-state index contributed by atoms with van der Waals surface area (Å²) in [5.74, 6) is 0.275. The third kappa shape index (κ3) is 4.61. The van der Waals surface area contributed by atoms with Gasteiger partial charge >= 0.3 is 0 Å². The monoisotopic (exact) mass is 301 g/mol. The zero-order valence-electron chi connectivity index (χ0n) is 12.3. The van der Waals surface area contributed by atoms with Gasteiger partial charge in [-0.15, -0.1) is 0 Å². The summed E-state index contributed by atoms with van der Waals surface area (Å²) in [6.45, 7) is 4.05. The largest absolute Gasteiger partial charge is 0.350 e. The lowest BCUT2D eigenvalue weighted by atomic mass is 9.97. The van der Waals surface area contributed by atoms with Crippen LogP contribution < -0.4 is 5.32 Å². The summed E-state index contributed by atoms with van der Waals surface area (Å²) in [7, 11) is 0. The van der Waals surface area contributed by atoms with Crippen LogP contribution in [-0.2, 0) is 4.79 Å². The van der Waals surface area contributed by atoms with Crippen LogP contribution in [-0.4, -0.2) is 5.91 Å². The smallest absolute Gasteiger partial charge is 0.221 e. The minimum Gasteiger partial charge on any atom is -0.350 e. The molecule has 0 heterocycles. The van der Waals surface area contributed by atoms with Crippen LogP contribution in [0.5, 0.6) is 0 Å². The SMILES string of the molecule is C[C@H](CC(=O)N[C@H](C)c1ccc(Cl)cc1)c1ccccc1. The molecule has 0 aliphatic heterocycles. The molecular weight excluding hydrogens is 282 g/mol. The summed E-state index contributed by atoms with van der Waals surface area (Å²) in [5, 5.41) is 3.74. The Labute approximate surface area is 131 Å². The highest BCUT2D eigenvalue weighted by molar-refractivity contribution is 6.30. The maximum absolute atomic E-state index is 12.1. The average molecular weight is 302 g/mol. The predicted octanol–water partition coefficient (Wildman–Crippen LogP) is 4.71. The number of benzene rings is 2. The van der Waals surface area contributed by atoms with E-state index in [1.807, 2.05) is 49.4 Å². The van der Waals surface area contributed by atoms with Crippen molar-refractivity contribution in [3.63, 3.8) is 0 Å². The predicted molar refractivity (Wildman–Crippen MR) is 87.5 cm³/mol. The van der Waals surface area contributed by atoms with Gasteiger partial charge in [0.2, 0.25) is 5.91 Å². The molecule has 2 rings (SSSR count). The molecule has 21 heavy (non-hydrogen) atoms. The van der Waals surface area contributed by atoms with Gasteiger partial charge in [0.25, 0.3) is 0 Å². The van der Waals surface area contributed by atoms with Gasteiger partial charge in [0.1, 0.15) is 0 Å². The van der Waals surface area contributed by atoms with E-state index in [-0.39, 0.29) is 17.9 Å². The molecule has 2 aromatic rings. The van der Waals surface area contributed by atoms with Crippen LogP contribution in [0.15, 0.2) is 54.6 Å². The molecule has 2 atom stereocenters. The number of nitrogens with one attached hydrogen (secondary N) is 1. The Hall–Kier alpha value is -1.80. The molecule has 0 aromatic heterocycles. The molecule has 0 fully saturated rings. The molecule has 2 nitrogen and oxygen atoms in total. The molecule has 3 heteroatoms. The van der Waals surface area contributed by atoms with Gasteiger partial charge in [0.05, 0.1) is 6.04 Å². The average Bonchev–Trinajstić information content (AvgIpc) is 2.48. The van der Waals surface area contributed by atoms with Crippen molar-refractivity contribution in [2.75, 3.05) is 0 Å². The van der Waals surface area contributed by atoms with E-state index in [1.165, 1.54) is 5.56 Å². The minimum atomic E-state index is -0.0160. The van der Waals surface area contributed by atoms with Gasteiger partial charge < -0.3 is 5.32 Å². The second-order valence-electron chi connectivity index (χ2n) is 5.36. The second-order valence-corrected chi connectivity index (χ2v) is 5.79. The number of amides is 1. The van der Waals surface area contributed by atoms with Gasteiger partial charge in [-0.1, -0.05) is 61.0 Å². The first kappa shape index (κ1) is 15.6. The van der Waals surface area contributed by atoms with Crippen molar-refractivity contribution in [2.24, 2.45) is 0 Å². The van der Waals surface area contributed by atoms with Crippen LogP contribution in [0.25, 0.3) is 0 Å². The fourth-order valence-electron chi connectivity index (χ4n) is 2.31. The van der Waals surface area contributed by atoms with Crippen LogP contribution in [0.2, 0.25) is 5.02 Å². The van der Waals surface area contributed by atoms with Crippen molar-refractivity contribution in [1.29, 1.82) is 0 Å². The fourth-order valence-corrected chi connectivity index (χ4v) is 2.44. The Morgan fingerprint density at radius 1 is 1.00 bits per heavy atom. The molecule has 0 bridgehead atoms. The number of carbonyl (C=O) groups excluding carboxylic acids is 1. The van der Waals surface area contributed by atoms with E-state index in [1.54, 1.807) is 0 Å². The van der Waals surface area contributed by atoms with Gasteiger partial charge in [-0.2, -0.15) is 0 Å². The number of carbonyl (C=O) groups is 1. The summed E-state index contributed by atoms with van der Waals surface area (Å²) in [6.07, 6.45) is 0.488. The highest BCUT2D eigenvalue weighted by Gasteiger charge is 2.14. The van der Waals surface area contributed by atoms with E-state index in [2.05, 4.69) is 24.4 Å². The van der Waals surface area contributed by atoms with E-state index >= 15 is 0 Å². The summed E-state index contributed by atoms with van der Waals surface area (Å²) in [6, 6.07) is 17.6. The zero-order chi connectivity index (χ0) is 15.2.